The number of nitrogens with one attached hydrogen (secondary N) is 1. The number of amides is 1. The summed E-state index contributed by atoms with van der Waals surface area (Å²) in [5.41, 5.74) is -0.139. The molecule has 0 aromatic carbocycles. The standard InChI is InChI=1S/C10H19NO/c1-6-8(3)10(4,5)11-9(12)7-2/h7-8H,2,6H2,1,3-5H3,(H,11,12). The van der Waals surface area contributed by atoms with E-state index in [9.17, 15) is 4.79 Å². The third-order valence-corrected chi connectivity index (χ3v) is 2.48. The van der Waals surface area contributed by atoms with Gasteiger partial charge in [0.2, 0.25) is 5.91 Å². The molecular weight excluding hydrogens is 150 g/mol. The molecular formula is C10H19NO. The minimum Gasteiger partial charge on any atom is -0.347 e. The highest BCUT2D eigenvalue weighted by atomic mass is 16.1. The Hall–Kier alpha value is -0.790. The maximum absolute atomic E-state index is 11.0. The third-order valence-electron chi connectivity index (χ3n) is 2.48. The molecule has 0 saturated heterocycles. The van der Waals surface area contributed by atoms with Crippen LogP contribution in [0.5, 0.6) is 0 Å². The van der Waals surface area contributed by atoms with Crippen LogP contribution in [0.1, 0.15) is 34.1 Å². The normalized spacial score (nSPS) is 13.7. The summed E-state index contributed by atoms with van der Waals surface area (Å²) in [6.07, 6.45) is 2.37. The Morgan fingerprint density at radius 3 is 2.50 bits per heavy atom. The first-order valence-corrected chi connectivity index (χ1v) is 4.38. The Labute approximate surface area is 75.0 Å². The van der Waals surface area contributed by atoms with E-state index >= 15 is 0 Å². The molecule has 0 aromatic heterocycles. The summed E-state index contributed by atoms with van der Waals surface area (Å²) in [6, 6.07) is 0. The van der Waals surface area contributed by atoms with Crippen LogP contribution in [0.2, 0.25) is 0 Å². The molecule has 0 aliphatic carbocycles. The molecule has 0 spiro atoms. The van der Waals surface area contributed by atoms with Gasteiger partial charge in [-0.15, -0.1) is 0 Å². The highest BCUT2D eigenvalue weighted by Gasteiger charge is 2.24. The number of carbonyl (C=O) groups is 1. The van der Waals surface area contributed by atoms with Crippen LogP contribution in [0, 0.1) is 5.92 Å². The summed E-state index contributed by atoms with van der Waals surface area (Å²) in [4.78, 5) is 11.0. The maximum Gasteiger partial charge on any atom is 0.243 e. The van der Waals surface area contributed by atoms with Crippen LogP contribution < -0.4 is 5.32 Å². The fourth-order valence-electron chi connectivity index (χ4n) is 1.00. The van der Waals surface area contributed by atoms with Gasteiger partial charge in [0, 0.05) is 5.54 Å². The Morgan fingerprint density at radius 1 is 1.67 bits per heavy atom. The van der Waals surface area contributed by atoms with E-state index in [1.54, 1.807) is 0 Å². The van der Waals surface area contributed by atoms with Gasteiger partial charge in [0.1, 0.15) is 0 Å². The van der Waals surface area contributed by atoms with Crippen LogP contribution in [0.3, 0.4) is 0 Å². The second kappa shape index (κ2) is 4.29. The highest BCUT2D eigenvalue weighted by Crippen LogP contribution is 2.18. The average molecular weight is 169 g/mol. The zero-order valence-electron chi connectivity index (χ0n) is 8.48. The van der Waals surface area contributed by atoms with Crippen molar-refractivity contribution in [2.24, 2.45) is 5.92 Å². The molecule has 0 aliphatic heterocycles. The van der Waals surface area contributed by atoms with E-state index in [0.29, 0.717) is 5.92 Å². The number of hydrogen-bond acceptors (Lipinski definition) is 1. The van der Waals surface area contributed by atoms with E-state index in [1.165, 1.54) is 6.08 Å². The van der Waals surface area contributed by atoms with Gasteiger partial charge in [0.15, 0.2) is 0 Å². The predicted octanol–water partition coefficient (Wildman–Crippen LogP) is 2.11. The lowest BCUT2D eigenvalue weighted by Crippen LogP contribution is -2.47. The van der Waals surface area contributed by atoms with E-state index in [2.05, 4.69) is 25.7 Å². The summed E-state index contributed by atoms with van der Waals surface area (Å²) >= 11 is 0. The Bertz CT molecular complexity index is 173. The van der Waals surface area contributed by atoms with Gasteiger partial charge in [-0.1, -0.05) is 26.8 Å². The molecule has 70 valence electrons. The molecule has 1 amide bonds. The molecule has 12 heavy (non-hydrogen) atoms. The number of carbonyl (C=O) groups excluding carboxylic acids is 1. The van der Waals surface area contributed by atoms with Crippen molar-refractivity contribution in [2.75, 3.05) is 0 Å². The van der Waals surface area contributed by atoms with Crippen molar-refractivity contribution in [1.82, 2.24) is 5.32 Å². The first-order valence-electron chi connectivity index (χ1n) is 4.38. The minimum atomic E-state index is -0.139. The molecule has 2 nitrogen and oxygen atoms in total. The lowest BCUT2D eigenvalue weighted by Gasteiger charge is -2.31. The monoisotopic (exact) mass is 169 g/mol. The highest BCUT2D eigenvalue weighted by molar-refractivity contribution is 5.87. The lowest BCUT2D eigenvalue weighted by molar-refractivity contribution is -0.118. The Balaban J connectivity index is 4.20. The Morgan fingerprint density at radius 2 is 2.17 bits per heavy atom. The number of hydrogen-bond donors (Lipinski definition) is 1. The van der Waals surface area contributed by atoms with Crippen LogP contribution in [-0.2, 0) is 4.79 Å². The van der Waals surface area contributed by atoms with Crippen molar-refractivity contribution in [1.29, 1.82) is 0 Å². The largest absolute Gasteiger partial charge is 0.347 e. The van der Waals surface area contributed by atoms with Crippen LogP contribution in [0.25, 0.3) is 0 Å². The molecule has 0 bridgehead atoms. The molecule has 1 atom stereocenters. The van der Waals surface area contributed by atoms with Gasteiger partial charge in [0.25, 0.3) is 0 Å². The van der Waals surface area contributed by atoms with Crippen LogP contribution in [0.15, 0.2) is 12.7 Å². The first kappa shape index (κ1) is 11.2. The molecule has 0 heterocycles. The quantitative estimate of drug-likeness (QED) is 0.642. The van der Waals surface area contributed by atoms with Gasteiger partial charge in [-0.2, -0.15) is 0 Å². The topological polar surface area (TPSA) is 29.1 Å². The van der Waals surface area contributed by atoms with Crippen molar-refractivity contribution in [2.45, 2.75) is 39.7 Å². The SMILES string of the molecule is C=CC(=O)NC(C)(C)C(C)CC. The summed E-state index contributed by atoms with van der Waals surface area (Å²) < 4.78 is 0. The fourth-order valence-corrected chi connectivity index (χ4v) is 1.00. The number of rotatable bonds is 4. The maximum atomic E-state index is 11.0. The predicted molar refractivity (Wildman–Crippen MR) is 51.9 cm³/mol. The zero-order chi connectivity index (χ0) is 9.78. The van der Waals surface area contributed by atoms with Gasteiger partial charge in [-0.05, 0) is 25.8 Å². The summed E-state index contributed by atoms with van der Waals surface area (Å²) in [5, 5.41) is 2.90. The molecule has 0 radical (unpaired) electrons. The van der Waals surface area contributed by atoms with Gasteiger partial charge < -0.3 is 5.32 Å². The van der Waals surface area contributed by atoms with Crippen LogP contribution >= 0.6 is 0 Å². The Kier molecular flexibility index (Phi) is 4.01. The van der Waals surface area contributed by atoms with Crippen molar-refractivity contribution < 1.29 is 4.79 Å². The molecule has 0 fully saturated rings. The van der Waals surface area contributed by atoms with Crippen molar-refractivity contribution in [3.63, 3.8) is 0 Å². The van der Waals surface area contributed by atoms with Crippen molar-refractivity contribution in [3.8, 4) is 0 Å². The van der Waals surface area contributed by atoms with Crippen molar-refractivity contribution in [3.05, 3.63) is 12.7 Å². The molecule has 0 aromatic rings. The fraction of sp³-hybridized carbons (Fsp3) is 0.700. The molecule has 2 heteroatoms. The second-order valence-corrected chi connectivity index (χ2v) is 3.72. The molecule has 1 unspecified atom stereocenters. The van der Waals surface area contributed by atoms with Gasteiger partial charge in [-0.3, -0.25) is 4.79 Å². The van der Waals surface area contributed by atoms with E-state index in [4.69, 9.17) is 0 Å². The second-order valence-electron chi connectivity index (χ2n) is 3.72. The third kappa shape index (κ3) is 3.07. The van der Waals surface area contributed by atoms with Crippen LogP contribution in [0.4, 0.5) is 0 Å². The summed E-state index contributed by atoms with van der Waals surface area (Å²) in [6.45, 7) is 11.7. The van der Waals surface area contributed by atoms with E-state index in [-0.39, 0.29) is 11.4 Å². The molecule has 1 N–H and O–H groups in total. The van der Waals surface area contributed by atoms with Gasteiger partial charge in [0.05, 0.1) is 0 Å². The molecule has 0 saturated carbocycles. The van der Waals surface area contributed by atoms with Crippen LogP contribution in [-0.4, -0.2) is 11.4 Å². The van der Waals surface area contributed by atoms with E-state index in [1.807, 2.05) is 13.8 Å². The zero-order valence-corrected chi connectivity index (χ0v) is 8.48. The molecule has 0 aliphatic rings. The smallest absolute Gasteiger partial charge is 0.243 e. The van der Waals surface area contributed by atoms with Gasteiger partial charge >= 0.3 is 0 Å². The van der Waals surface area contributed by atoms with Crippen molar-refractivity contribution >= 4 is 5.91 Å². The van der Waals surface area contributed by atoms with E-state index in [0.717, 1.165) is 6.42 Å². The summed E-state index contributed by atoms with van der Waals surface area (Å²) in [7, 11) is 0. The van der Waals surface area contributed by atoms with E-state index < -0.39 is 0 Å². The summed E-state index contributed by atoms with van der Waals surface area (Å²) in [5.74, 6) is 0.377. The first-order chi connectivity index (χ1) is 5.44. The minimum absolute atomic E-state index is 0.0969. The van der Waals surface area contributed by atoms with Gasteiger partial charge in [-0.25, -0.2) is 0 Å². The molecule has 0 rings (SSSR count). The lowest BCUT2D eigenvalue weighted by atomic mass is 9.87. The average Bonchev–Trinajstić information content (AvgIpc) is 2.02.